The van der Waals surface area contributed by atoms with Crippen molar-refractivity contribution in [3.63, 3.8) is 0 Å². The average molecular weight is 214 g/mol. The van der Waals surface area contributed by atoms with Crippen LogP contribution in [0.1, 0.15) is 5.56 Å². The predicted octanol–water partition coefficient (Wildman–Crippen LogP) is 3.43. The fourth-order valence-electron chi connectivity index (χ4n) is 1.12. The summed E-state index contributed by atoms with van der Waals surface area (Å²) in [7, 11) is 1.45. The van der Waals surface area contributed by atoms with Crippen molar-refractivity contribution in [3.8, 4) is 5.75 Å². The minimum absolute atomic E-state index is 0.0262. The van der Waals surface area contributed by atoms with Gasteiger partial charge in [-0.05, 0) is 17.7 Å². The molecule has 0 bridgehead atoms. The molecule has 0 amide bonds. The van der Waals surface area contributed by atoms with E-state index in [2.05, 4.69) is 6.58 Å². The molecule has 0 aliphatic carbocycles. The van der Waals surface area contributed by atoms with Gasteiger partial charge in [0.15, 0.2) is 0 Å². The molecule has 4 heteroatoms. The standard InChI is InChI=1S/C11H9F3O/c1-3-10(11(12,13)14)8-4-6-9(15-2)7-5-8/h4-7H,1H2,2H3. The molecule has 15 heavy (non-hydrogen) atoms. The average Bonchev–Trinajstić information content (AvgIpc) is 2.18. The van der Waals surface area contributed by atoms with E-state index in [-0.39, 0.29) is 5.56 Å². The van der Waals surface area contributed by atoms with Crippen LogP contribution in [-0.2, 0) is 0 Å². The molecule has 1 nitrogen and oxygen atoms in total. The van der Waals surface area contributed by atoms with Gasteiger partial charge >= 0.3 is 6.18 Å². The highest BCUT2D eigenvalue weighted by atomic mass is 19.4. The Kier molecular flexibility index (Phi) is 3.22. The summed E-state index contributed by atoms with van der Waals surface area (Å²) < 4.78 is 42.1. The van der Waals surface area contributed by atoms with E-state index in [0.29, 0.717) is 5.75 Å². The third kappa shape index (κ3) is 2.64. The lowest BCUT2D eigenvalue weighted by molar-refractivity contribution is -0.0687. The van der Waals surface area contributed by atoms with Crippen LogP contribution in [0.4, 0.5) is 13.2 Å². The Hall–Kier alpha value is -1.67. The molecule has 0 aliphatic rings. The number of halogens is 3. The van der Waals surface area contributed by atoms with Gasteiger partial charge in [0.1, 0.15) is 11.3 Å². The highest BCUT2D eigenvalue weighted by Crippen LogP contribution is 2.33. The number of allylic oxidation sites excluding steroid dienone is 1. The lowest BCUT2D eigenvalue weighted by Gasteiger charge is -2.09. The Balaban J connectivity index is 3.11. The SMILES string of the molecule is C=C=C(c1ccc(OC)cc1)C(F)(F)F. The van der Waals surface area contributed by atoms with E-state index in [4.69, 9.17) is 4.74 Å². The summed E-state index contributed by atoms with van der Waals surface area (Å²) in [6.45, 7) is 3.03. The van der Waals surface area contributed by atoms with E-state index in [1.165, 1.54) is 31.4 Å². The van der Waals surface area contributed by atoms with Gasteiger partial charge < -0.3 is 4.74 Å². The molecular formula is C11H9F3O. The van der Waals surface area contributed by atoms with Crippen molar-refractivity contribution in [3.05, 3.63) is 42.1 Å². The van der Waals surface area contributed by atoms with Gasteiger partial charge in [0.05, 0.1) is 7.11 Å². The van der Waals surface area contributed by atoms with Crippen LogP contribution in [0.25, 0.3) is 5.57 Å². The van der Waals surface area contributed by atoms with E-state index < -0.39 is 11.7 Å². The number of alkyl halides is 3. The Morgan fingerprint density at radius 2 is 1.80 bits per heavy atom. The van der Waals surface area contributed by atoms with Gasteiger partial charge in [-0.1, -0.05) is 18.7 Å². The van der Waals surface area contributed by atoms with E-state index in [1.807, 2.05) is 5.73 Å². The molecule has 0 unspecified atom stereocenters. The van der Waals surface area contributed by atoms with E-state index in [9.17, 15) is 13.2 Å². The van der Waals surface area contributed by atoms with Crippen LogP contribution in [-0.4, -0.2) is 13.3 Å². The minimum Gasteiger partial charge on any atom is -0.497 e. The van der Waals surface area contributed by atoms with Crippen molar-refractivity contribution in [2.45, 2.75) is 6.18 Å². The first-order valence-corrected chi connectivity index (χ1v) is 4.10. The monoisotopic (exact) mass is 214 g/mol. The van der Waals surface area contributed by atoms with Crippen molar-refractivity contribution in [2.75, 3.05) is 7.11 Å². The lowest BCUT2D eigenvalue weighted by atomic mass is 10.1. The Morgan fingerprint density at radius 3 is 2.13 bits per heavy atom. The molecule has 0 spiro atoms. The number of hydrogen-bond acceptors (Lipinski definition) is 1. The molecule has 0 saturated heterocycles. The molecule has 0 saturated carbocycles. The first-order valence-electron chi connectivity index (χ1n) is 4.10. The van der Waals surface area contributed by atoms with Crippen molar-refractivity contribution in [1.82, 2.24) is 0 Å². The third-order valence-corrected chi connectivity index (χ3v) is 1.84. The number of methoxy groups -OCH3 is 1. The van der Waals surface area contributed by atoms with Gasteiger partial charge in [-0.15, -0.1) is 5.73 Å². The summed E-state index contributed by atoms with van der Waals surface area (Å²) in [5.41, 5.74) is 1.05. The normalized spacial score (nSPS) is 10.7. The number of benzene rings is 1. The van der Waals surface area contributed by atoms with Gasteiger partial charge in [-0.3, -0.25) is 0 Å². The molecule has 80 valence electrons. The highest BCUT2D eigenvalue weighted by molar-refractivity contribution is 5.69. The van der Waals surface area contributed by atoms with Gasteiger partial charge in [-0.2, -0.15) is 13.2 Å². The second-order valence-corrected chi connectivity index (χ2v) is 2.78. The fraction of sp³-hybridized carbons (Fsp3) is 0.182. The van der Waals surface area contributed by atoms with Crippen LogP contribution in [0.2, 0.25) is 0 Å². The number of hydrogen-bond donors (Lipinski definition) is 0. The van der Waals surface area contributed by atoms with Crippen molar-refractivity contribution < 1.29 is 17.9 Å². The van der Waals surface area contributed by atoms with Gasteiger partial charge in [0, 0.05) is 0 Å². The molecule has 0 radical (unpaired) electrons. The molecule has 0 fully saturated rings. The topological polar surface area (TPSA) is 9.23 Å². The zero-order valence-corrected chi connectivity index (χ0v) is 8.06. The summed E-state index contributed by atoms with van der Waals surface area (Å²) in [6.07, 6.45) is -4.43. The minimum atomic E-state index is -4.43. The van der Waals surface area contributed by atoms with Crippen LogP contribution in [0.5, 0.6) is 5.75 Å². The molecule has 0 aliphatic heterocycles. The molecule has 0 atom stereocenters. The number of rotatable bonds is 2. The zero-order valence-electron chi connectivity index (χ0n) is 8.06. The molecule has 0 heterocycles. The smallest absolute Gasteiger partial charge is 0.424 e. The molecule has 1 aromatic rings. The highest BCUT2D eigenvalue weighted by Gasteiger charge is 2.34. The molecule has 1 rings (SSSR count). The Labute approximate surface area is 85.5 Å². The number of ether oxygens (including phenoxy) is 1. The first-order chi connectivity index (χ1) is 6.99. The van der Waals surface area contributed by atoms with E-state index >= 15 is 0 Å². The van der Waals surface area contributed by atoms with Gasteiger partial charge in [0.25, 0.3) is 0 Å². The quantitative estimate of drug-likeness (QED) is 0.685. The Bertz CT molecular complexity index is 383. The summed E-state index contributed by atoms with van der Waals surface area (Å²) in [4.78, 5) is 0. The van der Waals surface area contributed by atoms with Gasteiger partial charge in [0.2, 0.25) is 0 Å². The second kappa shape index (κ2) is 4.24. The van der Waals surface area contributed by atoms with E-state index in [1.54, 1.807) is 0 Å². The second-order valence-electron chi connectivity index (χ2n) is 2.78. The molecule has 0 aromatic heterocycles. The molecule has 1 aromatic carbocycles. The fourth-order valence-corrected chi connectivity index (χ4v) is 1.12. The maximum absolute atomic E-state index is 12.4. The van der Waals surface area contributed by atoms with Crippen molar-refractivity contribution >= 4 is 5.57 Å². The van der Waals surface area contributed by atoms with Gasteiger partial charge in [-0.25, -0.2) is 0 Å². The third-order valence-electron chi connectivity index (χ3n) is 1.84. The van der Waals surface area contributed by atoms with Crippen molar-refractivity contribution in [1.29, 1.82) is 0 Å². The van der Waals surface area contributed by atoms with Crippen LogP contribution in [0, 0.1) is 0 Å². The van der Waals surface area contributed by atoms with Crippen LogP contribution >= 0.6 is 0 Å². The summed E-state index contributed by atoms with van der Waals surface area (Å²) in [6, 6.07) is 5.55. The van der Waals surface area contributed by atoms with Crippen LogP contribution < -0.4 is 4.74 Å². The Morgan fingerprint density at radius 1 is 1.27 bits per heavy atom. The van der Waals surface area contributed by atoms with Crippen molar-refractivity contribution in [2.24, 2.45) is 0 Å². The maximum atomic E-state index is 12.4. The summed E-state index contributed by atoms with van der Waals surface area (Å²) >= 11 is 0. The summed E-state index contributed by atoms with van der Waals surface area (Å²) in [5.74, 6) is 0.504. The first kappa shape index (κ1) is 11.4. The summed E-state index contributed by atoms with van der Waals surface area (Å²) in [5, 5.41) is 0. The zero-order chi connectivity index (χ0) is 11.5. The lowest BCUT2D eigenvalue weighted by Crippen LogP contribution is -2.09. The van der Waals surface area contributed by atoms with Crippen LogP contribution in [0.15, 0.2) is 36.6 Å². The predicted molar refractivity (Wildman–Crippen MR) is 51.6 cm³/mol. The largest absolute Gasteiger partial charge is 0.497 e. The van der Waals surface area contributed by atoms with Crippen LogP contribution in [0.3, 0.4) is 0 Å². The molecule has 0 N–H and O–H groups in total. The maximum Gasteiger partial charge on any atom is 0.424 e. The molecular weight excluding hydrogens is 205 g/mol. The van der Waals surface area contributed by atoms with E-state index in [0.717, 1.165) is 0 Å².